The Morgan fingerprint density at radius 2 is 1.74 bits per heavy atom. The van der Waals surface area contributed by atoms with Crippen molar-refractivity contribution in [2.24, 2.45) is 0 Å². The third kappa shape index (κ3) is 8.02. The molecule has 0 saturated carbocycles. The fourth-order valence-electron chi connectivity index (χ4n) is 3.70. The molecule has 38 heavy (non-hydrogen) atoms. The molecule has 0 spiro atoms. The Labute approximate surface area is 235 Å². The van der Waals surface area contributed by atoms with Gasteiger partial charge >= 0.3 is 12.1 Å². The Morgan fingerprint density at radius 3 is 2.32 bits per heavy atom. The van der Waals surface area contributed by atoms with E-state index in [1.54, 1.807) is 63.2 Å². The van der Waals surface area contributed by atoms with Crippen LogP contribution in [0, 0.1) is 0 Å². The molecule has 12 heteroatoms. The zero-order valence-electron chi connectivity index (χ0n) is 21.1. The summed E-state index contributed by atoms with van der Waals surface area (Å²) in [6.45, 7) is 5.54. The second-order valence-corrected chi connectivity index (χ2v) is 11.6. The number of rotatable bonds is 7. The molecule has 0 aromatic heterocycles. The van der Waals surface area contributed by atoms with Gasteiger partial charge in [0.1, 0.15) is 17.7 Å². The summed E-state index contributed by atoms with van der Waals surface area (Å²) in [6.07, 6.45) is -0.613. The minimum absolute atomic E-state index is 0.00204. The number of thioether (sulfide) groups is 1. The van der Waals surface area contributed by atoms with Crippen LogP contribution in [0.4, 0.5) is 10.5 Å². The number of carbonyl (C=O) groups excluding carboxylic acids is 3. The van der Waals surface area contributed by atoms with Crippen LogP contribution in [-0.2, 0) is 20.7 Å². The van der Waals surface area contributed by atoms with E-state index in [0.29, 0.717) is 29.3 Å². The van der Waals surface area contributed by atoms with Gasteiger partial charge in [-0.2, -0.15) is 11.8 Å². The lowest BCUT2D eigenvalue weighted by Gasteiger charge is -2.36. The number of carbonyl (C=O) groups is 4. The number of amides is 3. The molecule has 2 aromatic carbocycles. The topological polar surface area (TPSA) is 125 Å². The smallest absolute Gasteiger partial charge is 0.411 e. The third-order valence-corrected chi connectivity index (χ3v) is 7.17. The Morgan fingerprint density at radius 1 is 1.11 bits per heavy atom. The first-order chi connectivity index (χ1) is 17.9. The number of carboxylic acids is 1. The molecule has 2 aromatic rings. The van der Waals surface area contributed by atoms with E-state index in [9.17, 15) is 24.3 Å². The molecule has 2 unspecified atom stereocenters. The molecular formula is C26H29Cl2N3O6S. The molecule has 0 bridgehead atoms. The number of hydrogen-bond acceptors (Lipinski definition) is 6. The molecule has 0 aliphatic carbocycles. The normalized spacial score (nSPS) is 16.3. The van der Waals surface area contributed by atoms with Gasteiger partial charge in [0.15, 0.2) is 0 Å². The summed E-state index contributed by atoms with van der Waals surface area (Å²) in [5, 5.41) is 15.5. The molecule has 3 N–H and O–H groups in total. The van der Waals surface area contributed by atoms with E-state index in [1.165, 1.54) is 16.7 Å². The van der Waals surface area contributed by atoms with Crippen molar-refractivity contribution in [2.75, 3.05) is 23.4 Å². The van der Waals surface area contributed by atoms with E-state index in [0.717, 1.165) is 0 Å². The summed E-state index contributed by atoms with van der Waals surface area (Å²) < 4.78 is 5.42. The molecule has 9 nitrogen and oxygen atoms in total. The summed E-state index contributed by atoms with van der Waals surface area (Å²) in [7, 11) is 0. The highest BCUT2D eigenvalue weighted by molar-refractivity contribution is 7.99. The van der Waals surface area contributed by atoms with Crippen LogP contribution < -0.4 is 10.6 Å². The monoisotopic (exact) mass is 581 g/mol. The van der Waals surface area contributed by atoms with Crippen LogP contribution in [-0.4, -0.2) is 69.6 Å². The van der Waals surface area contributed by atoms with Crippen molar-refractivity contribution in [2.45, 2.75) is 44.9 Å². The van der Waals surface area contributed by atoms with E-state index in [1.807, 2.05) is 0 Å². The van der Waals surface area contributed by atoms with Gasteiger partial charge in [-0.25, -0.2) is 9.59 Å². The maximum atomic E-state index is 13.0. The highest BCUT2D eigenvalue weighted by Crippen LogP contribution is 2.25. The molecule has 2 atom stereocenters. The van der Waals surface area contributed by atoms with Crippen LogP contribution in [0.15, 0.2) is 42.5 Å². The number of halogens is 2. The molecule has 3 amide bonds. The van der Waals surface area contributed by atoms with Gasteiger partial charge in [0.05, 0.1) is 15.6 Å². The third-order valence-electron chi connectivity index (χ3n) is 5.52. The van der Waals surface area contributed by atoms with Crippen LogP contribution in [0.3, 0.4) is 0 Å². The first kappa shape index (κ1) is 29.6. The standard InChI is InChI=1S/C26H29Cl2N3O6S/c1-26(2,3)37-25(36)31-11-12-38-14-20(31)22(32)30-19(24(34)35)13-15-7-9-16(10-8-15)29-23(33)21-17(27)5-4-6-18(21)28/h4-10,19-20H,11-14H2,1-3H3,(H,29,33)(H,30,32)(H,34,35). The number of hydrogen-bond donors (Lipinski definition) is 3. The number of nitrogens with zero attached hydrogens (tertiary/aromatic N) is 1. The Balaban J connectivity index is 1.65. The molecular weight excluding hydrogens is 553 g/mol. The molecule has 1 aliphatic heterocycles. The molecule has 1 fully saturated rings. The Hall–Kier alpha value is -2.95. The summed E-state index contributed by atoms with van der Waals surface area (Å²) in [5.74, 6) is -1.27. The number of nitrogens with one attached hydrogen (secondary N) is 2. The fourth-order valence-corrected chi connectivity index (χ4v) is 5.31. The number of carboxylic acid groups (broad SMARTS) is 1. The average molecular weight is 583 g/mol. The second kappa shape index (κ2) is 12.7. The quantitative estimate of drug-likeness (QED) is 0.432. The SMILES string of the molecule is CC(C)(C)OC(=O)N1CCSCC1C(=O)NC(Cc1ccc(NC(=O)c2c(Cl)cccc2Cl)cc1)C(=O)O. The largest absolute Gasteiger partial charge is 0.480 e. The van der Waals surface area contributed by atoms with Crippen LogP contribution in [0.2, 0.25) is 10.0 Å². The van der Waals surface area contributed by atoms with Crippen molar-refractivity contribution in [1.82, 2.24) is 10.2 Å². The molecule has 1 saturated heterocycles. The van der Waals surface area contributed by atoms with Gasteiger partial charge in [0.25, 0.3) is 5.91 Å². The predicted molar refractivity (Wildman–Crippen MR) is 148 cm³/mol. The van der Waals surface area contributed by atoms with Gasteiger partial charge in [0, 0.05) is 30.2 Å². The molecule has 1 heterocycles. The average Bonchev–Trinajstić information content (AvgIpc) is 2.83. The number of aliphatic carboxylic acids is 1. The molecule has 204 valence electrons. The van der Waals surface area contributed by atoms with Crippen molar-refractivity contribution in [3.8, 4) is 0 Å². The fraction of sp³-hybridized carbons (Fsp3) is 0.385. The number of benzene rings is 2. The van der Waals surface area contributed by atoms with Crippen LogP contribution in [0.1, 0.15) is 36.7 Å². The first-order valence-corrected chi connectivity index (χ1v) is 13.7. The lowest BCUT2D eigenvalue weighted by atomic mass is 10.0. The van der Waals surface area contributed by atoms with Crippen molar-refractivity contribution in [3.05, 3.63) is 63.6 Å². The lowest BCUT2D eigenvalue weighted by molar-refractivity contribution is -0.142. The van der Waals surface area contributed by atoms with Gasteiger partial charge in [0.2, 0.25) is 5.91 Å². The maximum Gasteiger partial charge on any atom is 0.411 e. The van der Waals surface area contributed by atoms with Gasteiger partial charge in [-0.1, -0.05) is 41.4 Å². The van der Waals surface area contributed by atoms with Crippen LogP contribution in [0.5, 0.6) is 0 Å². The van der Waals surface area contributed by atoms with Crippen molar-refractivity contribution >= 4 is 64.5 Å². The number of ether oxygens (including phenoxy) is 1. The van der Waals surface area contributed by atoms with E-state index >= 15 is 0 Å². The molecule has 0 radical (unpaired) electrons. The van der Waals surface area contributed by atoms with E-state index in [2.05, 4.69) is 10.6 Å². The predicted octanol–water partition coefficient (Wildman–Crippen LogP) is 4.71. The summed E-state index contributed by atoms with van der Waals surface area (Å²) in [5.41, 5.74) is 0.499. The van der Waals surface area contributed by atoms with Crippen molar-refractivity contribution in [3.63, 3.8) is 0 Å². The van der Waals surface area contributed by atoms with E-state index in [4.69, 9.17) is 27.9 Å². The maximum absolute atomic E-state index is 13.0. The highest BCUT2D eigenvalue weighted by Gasteiger charge is 2.36. The second-order valence-electron chi connectivity index (χ2n) is 9.62. The minimum atomic E-state index is -1.22. The summed E-state index contributed by atoms with van der Waals surface area (Å²) in [4.78, 5) is 51.6. The van der Waals surface area contributed by atoms with Crippen molar-refractivity contribution < 1.29 is 29.0 Å². The van der Waals surface area contributed by atoms with Crippen LogP contribution in [0.25, 0.3) is 0 Å². The highest BCUT2D eigenvalue weighted by atomic mass is 35.5. The van der Waals surface area contributed by atoms with E-state index in [-0.39, 0.29) is 22.0 Å². The summed E-state index contributed by atoms with van der Waals surface area (Å²) >= 11 is 13.7. The summed E-state index contributed by atoms with van der Waals surface area (Å²) in [6, 6.07) is 9.20. The Kier molecular flexibility index (Phi) is 9.92. The Bertz CT molecular complexity index is 1180. The lowest BCUT2D eigenvalue weighted by Crippen LogP contribution is -2.57. The zero-order chi connectivity index (χ0) is 28.0. The molecule has 3 rings (SSSR count). The zero-order valence-corrected chi connectivity index (χ0v) is 23.5. The first-order valence-electron chi connectivity index (χ1n) is 11.8. The van der Waals surface area contributed by atoms with E-state index < -0.39 is 41.6 Å². The molecule has 1 aliphatic rings. The van der Waals surface area contributed by atoms with Crippen LogP contribution >= 0.6 is 35.0 Å². The minimum Gasteiger partial charge on any atom is -0.480 e. The van der Waals surface area contributed by atoms with Gasteiger partial charge < -0.3 is 20.5 Å². The van der Waals surface area contributed by atoms with Crippen molar-refractivity contribution in [1.29, 1.82) is 0 Å². The van der Waals surface area contributed by atoms with Gasteiger partial charge in [-0.15, -0.1) is 0 Å². The number of anilines is 1. The van der Waals surface area contributed by atoms with Gasteiger partial charge in [-0.05, 0) is 50.6 Å². The van der Waals surface area contributed by atoms with Gasteiger partial charge in [-0.3, -0.25) is 14.5 Å².